The molecule has 0 spiro atoms. The summed E-state index contributed by atoms with van der Waals surface area (Å²) >= 11 is 0. The lowest BCUT2D eigenvalue weighted by molar-refractivity contribution is 0.0927. The Morgan fingerprint density at radius 1 is 0.743 bits per heavy atom. The number of para-hydroxylation sites is 1. The van der Waals surface area contributed by atoms with Gasteiger partial charge in [-0.25, -0.2) is 0 Å². The molecule has 1 atom stereocenters. The van der Waals surface area contributed by atoms with E-state index in [0.29, 0.717) is 18.4 Å². The van der Waals surface area contributed by atoms with Crippen LogP contribution in [0.2, 0.25) is 0 Å². The first-order chi connectivity index (χ1) is 17.0. The predicted octanol–water partition coefficient (Wildman–Crippen LogP) is 6.89. The number of rotatable bonds is 10. The molecule has 35 heavy (non-hydrogen) atoms. The second kappa shape index (κ2) is 11.3. The van der Waals surface area contributed by atoms with Gasteiger partial charge in [0.25, 0.3) is 0 Å². The van der Waals surface area contributed by atoms with Gasteiger partial charge in [0.15, 0.2) is 12.9 Å². The molecular formula is C31H32NO2P. The van der Waals surface area contributed by atoms with Crippen LogP contribution in [0.4, 0.5) is 5.69 Å². The van der Waals surface area contributed by atoms with Crippen LogP contribution in [0.3, 0.4) is 0 Å². The fourth-order valence-electron chi connectivity index (χ4n) is 4.31. The topological polar surface area (TPSA) is 37.4 Å². The second-order valence-corrected chi connectivity index (χ2v) is 11.7. The fourth-order valence-corrected chi connectivity index (χ4v) is 6.98. The summed E-state index contributed by atoms with van der Waals surface area (Å²) in [7, 11) is -3.05. The van der Waals surface area contributed by atoms with Crippen molar-refractivity contribution in [3.8, 4) is 0 Å². The zero-order chi connectivity index (χ0) is 24.7. The smallest absolute Gasteiger partial charge is 0.167 e. The number of hydrogen-bond donors (Lipinski definition) is 0. The van der Waals surface area contributed by atoms with Gasteiger partial charge in [0.1, 0.15) is 0 Å². The number of ketones is 1. The molecule has 4 aromatic carbocycles. The Hall–Kier alpha value is -3.42. The van der Waals surface area contributed by atoms with Crippen molar-refractivity contribution >= 4 is 29.2 Å². The van der Waals surface area contributed by atoms with Crippen LogP contribution in [0.15, 0.2) is 115 Å². The maximum Gasteiger partial charge on any atom is 0.167 e. The number of anilines is 1. The average molecular weight is 482 g/mol. The van der Waals surface area contributed by atoms with Gasteiger partial charge >= 0.3 is 0 Å². The summed E-state index contributed by atoms with van der Waals surface area (Å²) in [5.74, 6) is 0.0418. The summed E-state index contributed by atoms with van der Waals surface area (Å²) < 4.78 is 14.9. The Bertz CT molecular complexity index is 1250. The Morgan fingerprint density at radius 2 is 1.23 bits per heavy atom. The van der Waals surface area contributed by atoms with Gasteiger partial charge in [-0.15, -0.1) is 0 Å². The lowest BCUT2D eigenvalue weighted by Crippen LogP contribution is -2.32. The van der Waals surface area contributed by atoms with Crippen LogP contribution in [0.5, 0.6) is 0 Å². The third-order valence-electron chi connectivity index (χ3n) is 6.50. The van der Waals surface area contributed by atoms with E-state index >= 15 is 0 Å². The van der Waals surface area contributed by atoms with Crippen molar-refractivity contribution in [1.29, 1.82) is 0 Å². The fraction of sp³-hybridized carbons (Fsp3) is 0.194. The Morgan fingerprint density at radius 3 is 1.77 bits per heavy atom. The minimum atomic E-state index is -3.05. The SMILES string of the molecule is CCC(C)C(=O)c1ccccc1N(Cc1ccccc1)CP(=O)(c1ccccc1)c1ccccc1. The van der Waals surface area contributed by atoms with Crippen molar-refractivity contribution < 1.29 is 9.36 Å². The van der Waals surface area contributed by atoms with E-state index in [2.05, 4.69) is 17.0 Å². The number of carbonyl (C=O) groups excluding carboxylic acids is 1. The maximum absolute atomic E-state index is 14.9. The molecule has 0 heterocycles. The minimum absolute atomic E-state index is 0.0789. The predicted molar refractivity (Wildman–Crippen MR) is 147 cm³/mol. The molecule has 0 aliphatic heterocycles. The molecule has 0 aliphatic carbocycles. The van der Waals surface area contributed by atoms with Crippen molar-refractivity contribution in [2.24, 2.45) is 5.92 Å². The number of nitrogens with zero attached hydrogens (tertiary/aromatic N) is 1. The first-order valence-electron chi connectivity index (χ1n) is 12.2. The molecule has 4 aromatic rings. The van der Waals surface area contributed by atoms with E-state index in [0.717, 1.165) is 28.3 Å². The summed E-state index contributed by atoms with van der Waals surface area (Å²) in [4.78, 5) is 15.5. The number of hydrogen-bond acceptors (Lipinski definition) is 3. The van der Waals surface area contributed by atoms with Gasteiger partial charge in [-0.2, -0.15) is 0 Å². The van der Waals surface area contributed by atoms with Crippen LogP contribution < -0.4 is 15.5 Å². The van der Waals surface area contributed by atoms with E-state index < -0.39 is 7.14 Å². The summed E-state index contributed by atoms with van der Waals surface area (Å²) in [6.07, 6.45) is 1.07. The summed E-state index contributed by atoms with van der Waals surface area (Å²) in [5.41, 5.74) is 2.62. The molecule has 0 saturated heterocycles. The van der Waals surface area contributed by atoms with Gasteiger partial charge in [-0.05, 0) is 24.1 Å². The molecular weight excluding hydrogens is 449 g/mol. The zero-order valence-electron chi connectivity index (χ0n) is 20.4. The molecule has 0 bridgehead atoms. The molecule has 0 aromatic heterocycles. The van der Waals surface area contributed by atoms with Crippen molar-refractivity contribution in [2.45, 2.75) is 26.8 Å². The third-order valence-corrected chi connectivity index (χ3v) is 9.51. The lowest BCUT2D eigenvalue weighted by atomic mass is 9.95. The summed E-state index contributed by atoms with van der Waals surface area (Å²) in [5, 5.41) is 1.63. The van der Waals surface area contributed by atoms with Crippen molar-refractivity contribution in [1.82, 2.24) is 0 Å². The highest BCUT2D eigenvalue weighted by Crippen LogP contribution is 2.45. The van der Waals surface area contributed by atoms with E-state index in [4.69, 9.17) is 0 Å². The molecule has 0 fully saturated rings. The number of Topliss-reactive ketones (excluding diaryl/α,β-unsaturated/α-hetero) is 1. The molecule has 0 N–H and O–H groups in total. The number of benzene rings is 4. The monoisotopic (exact) mass is 481 g/mol. The molecule has 4 rings (SSSR count). The minimum Gasteiger partial charge on any atom is -0.359 e. The van der Waals surface area contributed by atoms with Gasteiger partial charge in [0.05, 0.1) is 6.29 Å². The molecule has 0 radical (unpaired) electrons. The molecule has 0 saturated carbocycles. The van der Waals surface area contributed by atoms with Crippen molar-refractivity contribution in [2.75, 3.05) is 11.2 Å². The Labute approximate surface area is 208 Å². The van der Waals surface area contributed by atoms with Gasteiger partial charge in [0.2, 0.25) is 0 Å². The molecule has 0 aliphatic rings. The zero-order valence-corrected chi connectivity index (χ0v) is 21.3. The van der Waals surface area contributed by atoms with Gasteiger partial charge < -0.3 is 9.46 Å². The third kappa shape index (κ3) is 5.63. The Kier molecular flexibility index (Phi) is 8.00. The van der Waals surface area contributed by atoms with Gasteiger partial charge in [-0.3, -0.25) is 4.79 Å². The summed E-state index contributed by atoms with van der Waals surface area (Å²) in [6.45, 7) is 4.56. The highest BCUT2D eigenvalue weighted by atomic mass is 31.2. The van der Waals surface area contributed by atoms with E-state index in [9.17, 15) is 9.36 Å². The van der Waals surface area contributed by atoms with Gasteiger partial charge in [0, 0.05) is 34.3 Å². The molecule has 178 valence electrons. The first-order valence-corrected chi connectivity index (χ1v) is 14.0. The van der Waals surface area contributed by atoms with Crippen molar-refractivity contribution in [3.05, 3.63) is 126 Å². The van der Waals surface area contributed by atoms with Gasteiger partial charge in [-0.1, -0.05) is 117 Å². The van der Waals surface area contributed by atoms with E-state index in [1.807, 2.05) is 117 Å². The molecule has 4 heteroatoms. The molecule has 1 unspecified atom stereocenters. The van der Waals surface area contributed by atoms with Crippen LogP contribution in [-0.4, -0.2) is 12.1 Å². The summed E-state index contributed by atoms with van der Waals surface area (Å²) in [6, 6.07) is 37.3. The van der Waals surface area contributed by atoms with Crippen LogP contribution in [0, 0.1) is 5.92 Å². The van der Waals surface area contributed by atoms with Crippen LogP contribution in [-0.2, 0) is 11.1 Å². The first kappa shape index (κ1) is 24.7. The second-order valence-electron chi connectivity index (χ2n) is 8.93. The molecule has 3 nitrogen and oxygen atoms in total. The Balaban J connectivity index is 1.85. The van der Waals surface area contributed by atoms with E-state index in [1.165, 1.54) is 0 Å². The maximum atomic E-state index is 14.9. The number of carbonyl (C=O) groups is 1. The van der Waals surface area contributed by atoms with E-state index in [1.54, 1.807) is 0 Å². The lowest BCUT2D eigenvalue weighted by Gasteiger charge is -2.32. The highest BCUT2D eigenvalue weighted by Gasteiger charge is 2.31. The highest BCUT2D eigenvalue weighted by molar-refractivity contribution is 7.78. The quantitative estimate of drug-likeness (QED) is 0.183. The van der Waals surface area contributed by atoms with Crippen LogP contribution >= 0.6 is 7.14 Å². The van der Waals surface area contributed by atoms with Crippen molar-refractivity contribution in [3.63, 3.8) is 0 Å². The van der Waals surface area contributed by atoms with Crippen LogP contribution in [0.25, 0.3) is 0 Å². The normalized spacial score (nSPS) is 12.2. The average Bonchev–Trinajstić information content (AvgIpc) is 2.93. The van der Waals surface area contributed by atoms with Crippen LogP contribution in [0.1, 0.15) is 36.2 Å². The molecule has 0 amide bonds. The van der Waals surface area contributed by atoms with E-state index in [-0.39, 0.29) is 11.7 Å². The standard InChI is InChI=1S/C31H32NO2P/c1-3-25(2)31(33)29-21-13-14-22-30(29)32(23-26-15-7-4-8-16-26)24-35(34,27-17-9-5-10-18-27)28-19-11-6-12-20-28/h4-22,25H,3,23-24H2,1-2H3. The largest absolute Gasteiger partial charge is 0.359 e.